The van der Waals surface area contributed by atoms with Gasteiger partial charge in [-0.1, -0.05) is 50.2 Å². The topological polar surface area (TPSA) is 96.9 Å². The molecule has 0 bridgehead atoms. The Bertz CT molecular complexity index is 1020. The molecule has 2 aliphatic rings. The van der Waals surface area contributed by atoms with Gasteiger partial charge in [0.15, 0.2) is 0 Å². The molecular weight excluding hydrogens is 599 g/mol. The maximum Gasteiger partial charge on any atom is 0.369 e. The van der Waals surface area contributed by atoms with Crippen LogP contribution in [-0.2, 0) is 16.2 Å². The van der Waals surface area contributed by atoms with Gasteiger partial charge in [0.1, 0.15) is 5.75 Å². The van der Waals surface area contributed by atoms with Crippen molar-refractivity contribution in [2.45, 2.75) is 31.1 Å². The minimum atomic E-state index is -2.05. The Kier molecular flexibility index (Phi) is 7.22. The summed E-state index contributed by atoms with van der Waals surface area (Å²) in [6.45, 7) is 4.07. The number of aliphatic hydroxyl groups is 1. The molecule has 2 aromatic carbocycles. The molecule has 0 saturated heterocycles. The molecule has 4 rings (SSSR count). The molecule has 1 heterocycles. The Morgan fingerprint density at radius 1 is 1.16 bits per heavy atom. The highest BCUT2D eigenvalue weighted by Gasteiger charge is 2.71. The predicted octanol–water partition coefficient (Wildman–Crippen LogP) is 4.46. The zero-order valence-electron chi connectivity index (χ0n) is 16.9. The van der Waals surface area contributed by atoms with Crippen LogP contribution in [-0.4, -0.2) is 27.2 Å². The summed E-state index contributed by atoms with van der Waals surface area (Å²) >= 11 is 9.31. The fraction of sp³-hybridized carbons (Fsp3) is 0.300. The number of rotatable bonds is 3. The zero-order valence-corrected chi connectivity index (χ0v) is 21.7. The molecular formula is C20H20BBr3N2O5. The molecule has 1 aliphatic heterocycles. The van der Waals surface area contributed by atoms with Crippen molar-refractivity contribution in [2.24, 2.45) is 0 Å². The van der Waals surface area contributed by atoms with Crippen LogP contribution in [0.1, 0.15) is 46.8 Å². The first kappa shape index (κ1) is 24.3. The van der Waals surface area contributed by atoms with Crippen molar-refractivity contribution in [3.05, 3.63) is 64.7 Å². The van der Waals surface area contributed by atoms with E-state index in [-0.39, 0.29) is 9.10 Å². The molecule has 0 fully saturated rings. The van der Waals surface area contributed by atoms with Gasteiger partial charge < -0.3 is 15.2 Å². The fourth-order valence-corrected chi connectivity index (χ4v) is 3.92. The van der Waals surface area contributed by atoms with Crippen LogP contribution in [0.2, 0.25) is 0 Å². The van der Waals surface area contributed by atoms with Crippen molar-refractivity contribution in [1.29, 1.82) is 0 Å². The number of fused-ring (bicyclic) bond motifs is 5. The first-order chi connectivity index (χ1) is 14.6. The van der Waals surface area contributed by atoms with Crippen molar-refractivity contribution < 1.29 is 24.3 Å². The summed E-state index contributed by atoms with van der Waals surface area (Å²) in [6, 6.07) is 11.3. The van der Waals surface area contributed by atoms with Crippen LogP contribution in [0.5, 0.6) is 5.75 Å². The smallest absolute Gasteiger partial charge is 0.369 e. The predicted molar refractivity (Wildman–Crippen MR) is 129 cm³/mol. The van der Waals surface area contributed by atoms with E-state index in [0.29, 0.717) is 22.4 Å². The van der Waals surface area contributed by atoms with E-state index in [1.54, 1.807) is 36.4 Å². The Morgan fingerprint density at radius 3 is 2.42 bits per heavy atom. The molecule has 0 spiro atoms. The largest absolute Gasteiger partial charge is 0.454 e. The quantitative estimate of drug-likeness (QED) is 0.349. The number of amides is 2. The lowest BCUT2D eigenvalue weighted by atomic mass is 9.82. The van der Waals surface area contributed by atoms with Crippen LogP contribution in [0.4, 0.5) is 4.79 Å². The molecule has 0 unspecified atom stereocenters. The molecule has 7 nitrogen and oxygen atoms in total. The van der Waals surface area contributed by atoms with Gasteiger partial charge in [-0.25, -0.2) is 10.3 Å². The Labute approximate surface area is 205 Å². The molecule has 1 aliphatic carbocycles. The molecule has 3 N–H and O–H groups in total. The first-order valence-corrected chi connectivity index (χ1v) is 12.1. The summed E-state index contributed by atoms with van der Waals surface area (Å²) in [6.07, 6.45) is 0. The van der Waals surface area contributed by atoms with Crippen LogP contribution in [0.15, 0.2) is 42.5 Å². The van der Waals surface area contributed by atoms with Gasteiger partial charge in [-0.2, -0.15) is 0 Å². The monoisotopic (exact) mass is 616 g/mol. The molecule has 0 saturated carbocycles. The van der Waals surface area contributed by atoms with Crippen molar-refractivity contribution in [2.75, 3.05) is 7.11 Å². The number of benzene rings is 2. The normalized spacial score (nSPS) is 22.5. The average Bonchev–Trinajstić information content (AvgIpc) is 3.05. The lowest BCUT2D eigenvalue weighted by Gasteiger charge is -2.34. The van der Waals surface area contributed by atoms with E-state index in [1.807, 2.05) is 19.9 Å². The van der Waals surface area contributed by atoms with Crippen molar-refractivity contribution >= 4 is 62.3 Å². The van der Waals surface area contributed by atoms with E-state index in [0.717, 1.165) is 5.56 Å². The molecule has 31 heavy (non-hydrogen) atoms. The summed E-state index contributed by atoms with van der Waals surface area (Å²) in [5.74, 6) is -1.89. The third-order valence-corrected chi connectivity index (χ3v) is 5.22. The average molecular weight is 619 g/mol. The summed E-state index contributed by atoms with van der Waals surface area (Å²) in [5, 5.41) is 14.1. The van der Waals surface area contributed by atoms with Crippen LogP contribution in [0.25, 0.3) is 0 Å². The second-order valence-electron chi connectivity index (χ2n) is 7.29. The van der Waals surface area contributed by atoms with Gasteiger partial charge in [0.25, 0.3) is 5.79 Å². The highest BCUT2D eigenvalue weighted by molar-refractivity contribution is 9.69. The van der Waals surface area contributed by atoms with E-state index >= 15 is 0 Å². The number of Topliss-reactive ketones (excluding diaryl/α,β-unsaturated/α-hetero) is 1. The summed E-state index contributed by atoms with van der Waals surface area (Å²) in [4.78, 5) is 30.3. The summed E-state index contributed by atoms with van der Waals surface area (Å²) in [7, 11) is 1.28. The highest BCUT2D eigenvalue weighted by atomic mass is 79.9. The summed E-state index contributed by atoms with van der Waals surface area (Å²) < 4.78 is 6.21. The maximum atomic E-state index is 13.4. The van der Waals surface area contributed by atoms with Gasteiger partial charge in [-0.05, 0) is 17.5 Å². The second-order valence-corrected chi connectivity index (χ2v) is 13.7. The summed E-state index contributed by atoms with van der Waals surface area (Å²) in [5.41, 5.74) is 2.35. The number of ketones is 1. The molecule has 2 amide bonds. The Hall–Kier alpha value is -1.40. The van der Waals surface area contributed by atoms with Crippen molar-refractivity contribution in [3.63, 3.8) is 0 Å². The van der Waals surface area contributed by atoms with Crippen molar-refractivity contribution in [1.82, 2.24) is 10.8 Å². The zero-order chi connectivity index (χ0) is 23.0. The number of carbonyl (C=O) groups excluding carboxylic acids is 2. The number of ether oxygens (including phenoxy) is 1. The third kappa shape index (κ3) is 4.06. The van der Waals surface area contributed by atoms with Gasteiger partial charge in [0.2, 0.25) is 11.3 Å². The van der Waals surface area contributed by atoms with E-state index in [4.69, 9.17) is 4.74 Å². The molecule has 0 aromatic heterocycles. The number of hydrogen-bond donors (Lipinski definition) is 3. The van der Waals surface area contributed by atoms with Crippen LogP contribution in [0.3, 0.4) is 0 Å². The standard InChI is InChI=1S/C20H20N2O5.BBr3/c1-11(2)12-8-9-15-16(10-12)27-20(25)14-7-5-4-6-13(14)17(23)19(15,20)21-18(24)22-26-3;2-1(3)4/h4-11,25H,1-3H3,(H2,21,22,24);/t19-,20-;/m0./s1. The molecule has 2 atom stereocenters. The lowest BCUT2D eigenvalue weighted by molar-refractivity contribution is -0.169. The minimum Gasteiger partial charge on any atom is -0.454 e. The number of carbonyl (C=O) groups is 2. The SMILES string of the molecule is BrB(Br)Br.CONC(=O)N[C@@]12C(=O)c3ccccc3[C@]1(O)Oc1cc(C(C)C)ccc12. The third-order valence-electron chi connectivity index (χ3n) is 5.22. The second kappa shape index (κ2) is 9.23. The van der Waals surface area contributed by atoms with E-state index < -0.39 is 23.1 Å². The van der Waals surface area contributed by atoms with Crippen LogP contribution < -0.4 is 15.5 Å². The molecule has 11 heteroatoms. The number of urea groups is 1. The maximum absolute atomic E-state index is 13.4. The van der Waals surface area contributed by atoms with Crippen molar-refractivity contribution in [3.8, 4) is 5.75 Å². The van der Waals surface area contributed by atoms with Crippen LogP contribution in [0, 0.1) is 0 Å². The van der Waals surface area contributed by atoms with Gasteiger partial charge in [-0.15, -0.1) is 47.3 Å². The number of hydrogen-bond acceptors (Lipinski definition) is 5. The number of hydroxylamine groups is 1. The van der Waals surface area contributed by atoms with E-state index in [1.165, 1.54) is 7.11 Å². The van der Waals surface area contributed by atoms with Gasteiger partial charge in [0, 0.05) is 16.7 Å². The molecule has 164 valence electrons. The number of halogens is 3. The van der Waals surface area contributed by atoms with Crippen LogP contribution >= 0.6 is 47.3 Å². The Balaban J connectivity index is 0.000000628. The lowest BCUT2D eigenvalue weighted by Crippen LogP contribution is -2.61. The number of nitrogens with one attached hydrogen (secondary N) is 2. The van der Waals surface area contributed by atoms with Gasteiger partial charge in [-0.3, -0.25) is 9.63 Å². The van der Waals surface area contributed by atoms with E-state index in [9.17, 15) is 14.7 Å². The highest BCUT2D eigenvalue weighted by Crippen LogP contribution is 2.58. The fourth-order valence-electron chi connectivity index (χ4n) is 3.92. The molecule has 0 radical (unpaired) electrons. The Morgan fingerprint density at radius 2 is 1.81 bits per heavy atom. The molecule has 2 aromatic rings. The van der Waals surface area contributed by atoms with Gasteiger partial charge in [0.05, 0.1) is 7.11 Å². The first-order valence-electron chi connectivity index (χ1n) is 9.32. The van der Waals surface area contributed by atoms with E-state index in [2.05, 4.69) is 62.9 Å². The van der Waals surface area contributed by atoms with Gasteiger partial charge >= 0.3 is 9.22 Å². The minimum absolute atomic E-state index is 0.234.